The van der Waals surface area contributed by atoms with Gasteiger partial charge in [0.25, 0.3) is 0 Å². The molecule has 1 aromatic rings. The van der Waals surface area contributed by atoms with Gasteiger partial charge in [0.2, 0.25) is 0 Å². The fraction of sp³-hybridized carbons (Fsp3) is 0.417. The van der Waals surface area contributed by atoms with Crippen molar-refractivity contribution in [2.24, 2.45) is 11.8 Å². The van der Waals surface area contributed by atoms with Crippen molar-refractivity contribution in [3.63, 3.8) is 0 Å². The van der Waals surface area contributed by atoms with Crippen LogP contribution in [-0.4, -0.2) is 24.7 Å². The van der Waals surface area contributed by atoms with E-state index < -0.39 is 5.97 Å². The number of aliphatic carboxylic acids is 1. The van der Waals surface area contributed by atoms with E-state index in [0.717, 1.165) is 17.9 Å². The third kappa shape index (κ3) is 2.27. The minimum absolute atomic E-state index is 0.165. The summed E-state index contributed by atoms with van der Waals surface area (Å²) < 4.78 is 5.19. The Morgan fingerprint density at radius 3 is 2.94 bits per heavy atom. The molecule has 0 radical (unpaired) electrons. The quantitative estimate of drug-likeness (QED) is 0.796. The van der Waals surface area contributed by atoms with Gasteiger partial charge in [-0.25, -0.2) is 0 Å². The van der Waals surface area contributed by atoms with E-state index >= 15 is 0 Å². The highest BCUT2D eigenvalue weighted by Crippen LogP contribution is 2.39. The van der Waals surface area contributed by atoms with Crippen LogP contribution in [0.1, 0.15) is 6.42 Å². The van der Waals surface area contributed by atoms with Crippen LogP contribution in [-0.2, 0) is 4.79 Å². The third-order valence-electron chi connectivity index (χ3n) is 2.90. The van der Waals surface area contributed by atoms with Crippen LogP contribution in [0.25, 0.3) is 0 Å². The Hall–Kier alpha value is -1.71. The second-order valence-corrected chi connectivity index (χ2v) is 4.02. The van der Waals surface area contributed by atoms with Crippen molar-refractivity contribution in [3.8, 4) is 5.75 Å². The topological polar surface area (TPSA) is 58.6 Å². The monoisotopic (exact) mass is 221 g/mol. The molecule has 1 aromatic carbocycles. The highest BCUT2D eigenvalue weighted by atomic mass is 16.5. The molecule has 0 aromatic heterocycles. The van der Waals surface area contributed by atoms with Gasteiger partial charge in [-0.05, 0) is 24.5 Å². The summed E-state index contributed by atoms with van der Waals surface area (Å²) in [5.41, 5.74) is 0.918. The maximum atomic E-state index is 10.7. The highest BCUT2D eigenvalue weighted by molar-refractivity contribution is 5.73. The van der Waals surface area contributed by atoms with Gasteiger partial charge in [-0.15, -0.1) is 0 Å². The smallest absolute Gasteiger partial charge is 0.306 e. The van der Waals surface area contributed by atoms with Crippen LogP contribution in [0.2, 0.25) is 0 Å². The summed E-state index contributed by atoms with van der Waals surface area (Å²) in [4.78, 5) is 10.7. The second kappa shape index (κ2) is 4.43. The Morgan fingerprint density at radius 2 is 2.31 bits per heavy atom. The normalized spacial score (nSPS) is 22.6. The molecule has 0 saturated heterocycles. The summed E-state index contributed by atoms with van der Waals surface area (Å²) in [6, 6.07) is 7.63. The molecule has 2 rings (SSSR count). The summed E-state index contributed by atoms with van der Waals surface area (Å²) in [6.45, 7) is 0.692. The molecule has 86 valence electrons. The first kappa shape index (κ1) is 10.8. The van der Waals surface area contributed by atoms with Gasteiger partial charge in [0.05, 0.1) is 18.7 Å². The average molecular weight is 221 g/mol. The number of rotatable bonds is 5. The van der Waals surface area contributed by atoms with E-state index in [1.807, 2.05) is 24.3 Å². The molecule has 4 nitrogen and oxygen atoms in total. The van der Waals surface area contributed by atoms with Gasteiger partial charge in [-0.1, -0.05) is 12.1 Å². The van der Waals surface area contributed by atoms with Gasteiger partial charge >= 0.3 is 5.97 Å². The van der Waals surface area contributed by atoms with E-state index in [4.69, 9.17) is 9.84 Å². The molecule has 4 heteroatoms. The molecule has 0 bridgehead atoms. The molecule has 16 heavy (non-hydrogen) atoms. The number of para-hydroxylation sites is 2. The number of carboxylic acid groups (broad SMARTS) is 1. The van der Waals surface area contributed by atoms with Crippen LogP contribution < -0.4 is 10.1 Å². The maximum absolute atomic E-state index is 10.7. The first-order valence-electron chi connectivity index (χ1n) is 5.32. The Kier molecular flexibility index (Phi) is 2.99. The molecular weight excluding hydrogens is 206 g/mol. The van der Waals surface area contributed by atoms with Crippen molar-refractivity contribution in [2.45, 2.75) is 6.42 Å². The molecule has 1 fully saturated rings. The first-order chi connectivity index (χ1) is 7.72. The average Bonchev–Trinajstić information content (AvgIpc) is 3.06. The predicted molar refractivity (Wildman–Crippen MR) is 60.7 cm³/mol. The number of hydrogen-bond acceptors (Lipinski definition) is 3. The Balaban J connectivity index is 1.88. The number of methoxy groups -OCH3 is 1. The summed E-state index contributed by atoms with van der Waals surface area (Å²) in [5, 5.41) is 12.0. The van der Waals surface area contributed by atoms with Crippen molar-refractivity contribution in [1.29, 1.82) is 0 Å². The van der Waals surface area contributed by atoms with E-state index in [0.29, 0.717) is 6.54 Å². The van der Waals surface area contributed by atoms with Crippen molar-refractivity contribution in [1.82, 2.24) is 0 Å². The molecule has 1 aliphatic carbocycles. The minimum Gasteiger partial charge on any atom is -0.495 e. The third-order valence-corrected chi connectivity index (χ3v) is 2.90. The molecule has 0 spiro atoms. The molecule has 0 heterocycles. The van der Waals surface area contributed by atoms with Gasteiger partial charge in [0, 0.05) is 6.54 Å². The lowest BCUT2D eigenvalue weighted by molar-refractivity contribution is -0.138. The summed E-state index contributed by atoms with van der Waals surface area (Å²) in [6.07, 6.45) is 0.775. The summed E-state index contributed by atoms with van der Waals surface area (Å²) in [7, 11) is 1.62. The molecule has 2 atom stereocenters. The maximum Gasteiger partial charge on any atom is 0.306 e. The van der Waals surface area contributed by atoms with E-state index in [2.05, 4.69) is 5.32 Å². The van der Waals surface area contributed by atoms with Crippen molar-refractivity contribution in [3.05, 3.63) is 24.3 Å². The minimum atomic E-state index is -0.688. The zero-order valence-corrected chi connectivity index (χ0v) is 9.14. The van der Waals surface area contributed by atoms with Gasteiger partial charge < -0.3 is 15.2 Å². The lowest BCUT2D eigenvalue weighted by Crippen LogP contribution is -2.09. The molecule has 1 saturated carbocycles. The van der Waals surface area contributed by atoms with Gasteiger partial charge in [0.1, 0.15) is 5.75 Å². The molecule has 0 amide bonds. The van der Waals surface area contributed by atoms with Gasteiger partial charge in [-0.2, -0.15) is 0 Å². The molecule has 2 N–H and O–H groups in total. The van der Waals surface area contributed by atoms with Crippen molar-refractivity contribution >= 4 is 11.7 Å². The fourth-order valence-electron chi connectivity index (χ4n) is 1.81. The number of nitrogens with one attached hydrogen (secondary N) is 1. The molecular formula is C12H15NO3. The van der Waals surface area contributed by atoms with Gasteiger partial charge in [-0.3, -0.25) is 4.79 Å². The summed E-state index contributed by atoms with van der Waals surface area (Å²) >= 11 is 0. The zero-order chi connectivity index (χ0) is 11.5. The standard InChI is InChI=1S/C12H15NO3/c1-16-11-5-3-2-4-10(11)13-7-8-6-9(8)12(14)15/h2-5,8-9,13H,6-7H2,1H3,(H,14,15). The van der Waals surface area contributed by atoms with E-state index in [1.54, 1.807) is 7.11 Å². The molecule has 1 aliphatic rings. The van der Waals surface area contributed by atoms with Crippen LogP contribution in [0.15, 0.2) is 24.3 Å². The molecule has 0 aliphatic heterocycles. The lowest BCUT2D eigenvalue weighted by atomic mass is 10.2. The second-order valence-electron chi connectivity index (χ2n) is 4.02. The van der Waals surface area contributed by atoms with E-state index in [1.165, 1.54) is 0 Å². The Morgan fingerprint density at radius 1 is 1.56 bits per heavy atom. The number of carbonyl (C=O) groups is 1. The van der Waals surface area contributed by atoms with Gasteiger partial charge in [0.15, 0.2) is 0 Å². The Labute approximate surface area is 94.2 Å². The van der Waals surface area contributed by atoms with Crippen LogP contribution >= 0.6 is 0 Å². The van der Waals surface area contributed by atoms with E-state index in [-0.39, 0.29) is 11.8 Å². The first-order valence-corrected chi connectivity index (χ1v) is 5.32. The Bertz CT molecular complexity index is 392. The molecule has 2 unspecified atom stereocenters. The van der Waals surface area contributed by atoms with Crippen LogP contribution in [0, 0.1) is 11.8 Å². The summed E-state index contributed by atoms with van der Waals surface area (Å²) in [5.74, 6) is 0.187. The number of carboxylic acids is 1. The lowest BCUT2D eigenvalue weighted by Gasteiger charge is -2.10. The number of hydrogen-bond donors (Lipinski definition) is 2. The van der Waals surface area contributed by atoms with Crippen molar-refractivity contribution in [2.75, 3.05) is 19.0 Å². The number of benzene rings is 1. The van der Waals surface area contributed by atoms with Crippen LogP contribution in [0.5, 0.6) is 5.75 Å². The van der Waals surface area contributed by atoms with Crippen LogP contribution in [0.4, 0.5) is 5.69 Å². The number of ether oxygens (including phenoxy) is 1. The highest BCUT2D eigenvalue weighted by Gasteiger charge is 2.42. The fourth-order valence-corrected chi connectivity index (χ4v) is 1.81. The zero-order valence-electron chi connectivity index (χ0n) is 9.14. The van der Waals surface area contributed by atoms with E-state index in [9.17, 15) is 4.79 Å². The number of anilines is 1. The SMILES string of the molecule is COc1ccccc1NCC1CC1C(=O)O. The van der Waals surface area contributed by atoms with Crippen LogP contribution in [0.3, 0.4) is 0 Å². The predicted octanol–water partition coefficient (Wildman–Crippen LogP) is 1.83. The largest absolute Gasteiger partial charge is 0.495 e. The van der Waals surface area contributed by atoms with Crippen molar-refractivity contribution < 1.29 is 14.6 Å².